The molecule has 0 atom stereocenters. The molecule has 59 heavy (non-hydrogen) atoms. The van der Waals surface area contributed by atoms with E-state index in [4.69, 9.17) is 9.47 Å². The van der Waals surface area contributed by atoms with Gasteiger partial charge >= 0.3 is 5.97 Å². The van der Waals surface area contributed by atoms with Crippen LogP contribution in [0.3, 0.4) is 0 Å². The zero-order valence-corrected chi connectivity index (χ0v) is 37.4. The summed E-state index contributed by atoms with van der Waals surface area (Å²) >= 11 is 3.24. The van der Waals surface area contributed by atoms with E-state index < -0.39 is 5.97 Å². The van der Waals surface area contributed by atoms with Gasteiger partial charge in [0.15, 0.2) is 0 Å². The molecule has 6 nitrogen and oxygen atoms in total. The Morgan fingerprint density at radius 1 is 0.644 bits per heavy atom. The number of nitriles is 1. The highest BCUT2D eigenvalue weighted by Crippen LogP contribution is 2.67. The quantitative estimate of drug-likeness (QED) is 0.0606. The zero-order valence-electron chi connectivity index (χ0n) is 35.8. The highest BCUT2D eigenvalue weighted by Gasteiger charge is 2.52. The Kier molecular flexibility index (Phi) is 10.8. The third-order valence-corrected chi connectivity index (χ3v) is 15.3. The van der Waals surface area contributed by atoms with Gasteiger partial charge in [-0.05, 0) is 119 Å². The second-order valence-corrected chi connectivity index (χ2v) is 20.2. The Bertz CT molecular complexity index is 2420. The Labute approximate surface area is 358 Å². The molecule has 3 aliphatic heterocycles. The van der Waals surface area contributed by atoms with Crippen molar-refractivity contribution in [3.05, 3.63) is 104 Å². The van der Waals surface area contributed by atoms with Crippen molar-refractivity contribution in [3.63, 3.8) is 0 Å². The van der Waals surface area contributed by atoms with Gasteiger partial charge in [0.05, 0.1) is 30.3 Å². The third kappa shape index (κ3) is 6.98. The van der Waals surface area contributed by atoms with Gasteiger partial charge in [-0.15, -0.1) is 22.7 Å². The van der Waals surface area contributed by atoms with Gasteiger partial charge in [0.2, 0.25) is 0 Å². The summed E-state index contributed by atoms with van der Waals surface area (Å²) in [5.74, 6) is 0.670. The van der Waals surface area contributed by atoms with Crippen molar-refractivity contribution in [3.8, 4) is 37.8 Å². The highest BCUT2D eigenvalue weighted by atomic mass is 32.1. The summed E-state index contributed by atoms with van der Waals surface area (Å²) in [6.45, 7) is 20.2. The summed E-state index contributed by atoms with van der Waals surface area (Å²) in [6.07, 6.45) is 10.7. The number of benzene rings is 3. The largest absolute Gasteiger partial charge is 0.494 e. The molecule has 8 heteroatoms. The Balaban J connectivity index is 1.29. The average Bonchev–Trinajstić information content (AvgIpc) is 3.89. The van der Waals surface area contributed by atoms with Gasteiger partial charge in [-0.3, -0.25) is 0 Å². The van der Waals surface area contributed by atoms with Crippen LogP contribution in [0.25, 0.3) is 26.3 Å². The van der Waals surface area contributed by atoms with E-state index in [1.54, 1.807) is 17.4 Å². The minimum Gasteiger partial charge on any atom is -0.494 e. The predicted molar refractivity (Wildman–Crippen MR) is 245 cm³/mol. The Morgan fingerprint density at radius 2 is 1.07 bits per heavy atom. The molecule has 0 spiro atoms. The zero-order chi connectivity index (χ0) is 41.9. The molecule has 3 aliphatic rings. The number of hydrogen-bond donors (Lipinski definition) is 1. The van der Waals surface area contributed by atoms with Gasteiger partial charge in [0, 0.05) is 35.8 Å². The van der Waals surface area contributed by atoms with Crippen molar-refractivity contribution in [2.24, 2.45) is 0 Å². The normalized spacial score (nSPS) is 16.1. The molecule has 0 amide bonds. The molecular formula is C51H56N2O4S2. The summed E-state index contributed by atoms with van der Waals surface area (Å²) in [7, 11) is 0. The third-order valence-electron chi connectivity index (χ3n) is 12.9. The first kappa shape index (κ1) is 40.9. The fraction of sp³-hybridized carbons (Fsp3) is 0.412. The summed E-state index contributed by atoms with van der Waals surface area (Å²) in [5.41, 5.74) is 11.6. The Morgan fingerprint density at radius 3 is 1.51 bits per heavy atom. The molecule has 1 N–H and O–H groups in total. The molecule has 306 valence electrons. The molecule has 0 radical (unpaired) electrons. The topological polar surface area (TPSA) is 82.8 Å². The van der Waals surface area contributed by atoms with E-state index in [0.29, 0.717) is 13.2 Å². The molecule has 5 aromatic rings. The van der Waals surface area contributed by atoms with Crippen LogP contribution in [-0.2, 0) is 21.0 Å². The number of carboxylic acid groups (broad SMARTS) is 1. The molecule has 0 fully saturated rings. The number of aliphatic carboxylic acids is 1. The van der Waals surface area contributed by atoms with Crippen molar-refractivity contribution in [2.75, 3.05) is 18.1 Å². The lowest BCUT2D eigenvalue weighted by Crippen LogP contribution is -2.43. The minimum atomic E-state index is -1.22. The van der Waals surface area contributed by atoms with E-state index in [0.717, 1.165) is 39.0 Å². The number of carboxylic acids is 1. The number of rotatable bonds is 16. The van der Waals surface area contributed by atoms with Crippen LogP contribution in [0.1, 0.15) is 145 Å². The number of carbonyl (C=O) groups is 1. The van der Waals surface area contributed by atoms with Gasteiger partial charge in [-0.1, -0.05) is 93.9 Å². The van der Waals surface area contributed by atoms with Crippen LogP contribution in [0.2, 0.25) is 0 Å². The molecule has 0 aliphatic carbocycles. The van der Waals surface area contributed by atoms with Crippen molar-refractivity contribution in [1.82, 2.24) is 0 Å². The molecule has 0 unspecified atom stereocenters. The average molecular weight is 825 g/mol. The van der Waals surface area contributed by atoms with Gasteiger partial charge in [0.25, 0.3) is 0 Å². The van der Waals surface area contributed by atoms with Crippen LogP contribution in [0.5, 0.6) is 11.5 Å². The summed E-state index contributed by atoms with van der Waals surface area (Å²) in [6, 6.07) is 24.2. The molecule has 0 saturated carbocycles. The van der Waals surface area contributed by atoms with E-state index in [-0.39, 0.29) is 21.8 Å². The standard InChI is InChI=1S/C51H56N2O4S2/c1-9-11-13-15-21-56-33-26-38-46-40(28-33)51(7,8)41-29-34(57-22-16-14-12-10-2)27-39-47(41)53(46)45-36(49(38,3)4)24-31(25-37(45)50(39,5)6)42-19-20-44(59-42)43-18-17-35(58-43)23-32(30-52)48(54)55/h17-20,23-29H,9-16,21-22H2,1-8H3,(H,54,55)/b32-23-. The number of ether oxygens (including phenoxy) is 2. The van der Waals surface area contributed by atoms with Crippen LogP contribution in [0, 0.1) is 11.3 Å². The number of nitrogens with zero attached hydrogens (tertiary/aromatic N) is 2. The summed E-state index contributed by atoms with van der Waals surface area (Å²) < 4.78 is 13.3. The first-order valence-corrected chi connectivity index (χ1v) is 23.0. The minimum absolute atomic E-state index is 0.269. The predicted octanol–water partition coefficient (Wildman–Crippen LogP) is 14.4. The van der Waals surface area contributed by atoms with Gasteiger partial charge < -0.3 is 19.5 Å². The summed E-state index contributed by atoms with van der Waals surface area (Å²) in [4.78, 5) is 18.2. The van der Waals surface area contributed by atoms with E-state index in [9.17, 15) is 15.2 Å². The lowest BCUT2D eigenvalue weighted by molar-refractivity contribution is -0.132. The fourth-order valence-corrected chi connectivity index (χ4v) is 11.5. The van der Waals surface area contributed by atoms with Crippen molar-refractivity contribution < 1.29 is 19.4 Å². The van der Waals surface area contributed by atoms with Crippen LogP contribution >= 0.6 is 22.7 Å². The molecule has 0 bridgehead atoms. The number of anilines is 3. The molecular weight excluding hydrogens is 769 g/mol. The van der Waals surface area contributed by atoms with E-state index in [1.165, 1.54) is 117 Å². The molecule has 5 heterocycles. The van der Waals surface area contributed by atoms with Crippen LogP contribution in [0.4, 0.5) is 17.1 Å². The van der Waals surface area contributed by atoms with Gasteiger partial charge in [0.1, 0.15) is 23.1 Å². The van der Waals surface area contributed by atoms with Gasteiger partial charge in [-0.25, -0.2) is 4.79 Å². The molecule has 2 aromatic heterocycles. The molecule has 3 aromatic carbocycles. The molecule has 0 saturated heterocycles. The van der Waals surface area contributed by atoms with E-state index >= 15 is 0 Å². The van der Waals surface area contributed by atoms with Crippen LogP contribution < -0.4 is 14.4 Å². The second kappa shape index (κ2) is 15.6. The van der Waals surface area contributed by atoms with Crippen LogP contribution in [0.15, 0.2) is 66.2 Å². The molecule has 8 rings (SSSR count). The van der Waals surface area contributed by atoms with Gasteiger partial charge in [-0.2, -0.15) is 5.26 Å². The van der Waals surface area contributed by atoms with Crippen LogP contribution in [-0.4, -0.2) is 24.3 Å². The van der Waals surface area contributed by atoms with Crippen molar-refractivity contribution in [2.45, 2.75) is 123 Å². The van der Waals surface area contributed by atoms with E-state index in [1.807, 2.05) is 12.1 Å². The SMILES string of the molecule is CCCCCCOc1cc2c3c(c1)C(C)(C)c1cc(-c4ccc(-c5ccc(/C=C(/C#N)C(=O)O)s5)s4)cc4c1N3c1c(cc(OCCCCCC)cc1C4(C)C)C2(C)C. The fourth-order valence-electron chi connectivity index (χ4n) is 9.42. The number of thiophene rings is 2. The first-order valence-electron chi connectivity index (χ1n) is 21.4. The van der Waals surface area contributed by atoms with Crippen molar-refractivity contribution in [1.29, 1.82) is 5.26 Å². The smallest absolute Gasteiger partial charge is 0.346 e. The lowest BCUT2D eigenvalue weighted by atomic mass is 9.60. The Hall–Kier alpha value is -4.84. The lowest BCUT2D eigenvalue weighted by Gasteiger charge is -2.55. The number of hydrogen-bond acceptors (Lipinski definition) is 7. The maximum atomic E-state index is 11.5. The maximum absolute atomic E-state index is 11.5. The second-order valence-electron chi connectivity index (χ2n) is 18.0. The monoisotopic (exact) mass is 824 g/mol. The highest BCUT2D eigenvalue weighted by molar-refractivity contribution is 7.24. The first-order chi connectivity index (χ1) is 28.2. The van der Waals surface area contributed by atoms with E-state index in [2.05, 4.69) is 109 Å². The summed E-state index contributed by atoms with van der Waals surface area (Å²) in [5, 5.41) is 18.7. The number of unbranched alkanes of at least 4 members (excludes halogenated alkanes) is 6. The van der Waals surface area contributed by atoms with Crippen molar-refractivity contribution >= 4 is 51.8 Å². The maximum Gasteiger partial charge on any atom is 0.346 e.